The fourth-order valence-corrected chi connectivity index (χ4v) is 7.39. The Morgan fingerprint density at radius 1 is 0.875 bits per heavy atom. The van der Waals surface area contributed by atoms with E-state index in [0.29, 0.717) is 21.3 Å². The van der Waals surface area contributed by atoms with Gasteiger partial charge in [-0.25, -0.2) is 41.5 Å². The minimum Gasteiger partial charge on any atom is -0.354 e. The molecule has 1 aliphatic rings. The summed E-state index contributed by atoms with van der Waals surface area (Å²) < 4.78 is 72.8. The number of thiazole rings is 1. The van der Waals surface area contributed by atoms with Gasteiger partial charge in [-0.15, -0.1) is 11.3 Å². The van der Waals surface area contributed by atoms with Crippen LogP contribution in [0.25, 0.3) is 21.8 Å². The standard InChI is InChI=1S/C33H33F3N8O2S2/c1-33(2,3)31-41-28(21-7-5-10-24(27(21)36)42-48(45,46)30-22(34)8-6-9-23(30)35)29(47-31)25-13-14-37-32(40-25)39-20-11-12-26(38-19-20)44-17-15-43(4)16-18-44/h5-14,19,42H,15-18H2,1-4H3,(H,37,39,40). The van der Waals surface area contributed by atoms with Crippen molar-refractivity contribution in [1.82, 2.24) is 24.8 Å². The van der Waals surface area contributed by atoms with Crippen molar-refractivity contribution in [2.45, 2.75) is 31.1 Å². The highest BCUT2D eigenvalue weighted by Gasteiger charge is 2.29. The van der Waals surface area contributed by atoms with Gasteiger partial charge >= 0.3 is 0 Å². The van der Waals surface area contributed by atoms with Gasteiger partial charge in [-0.1, -0.05) is 32.9 Å². The van der Waals surface area contributed by atoms with Gasteiger partial charge in [-0.2, -0.15) is 0 Å². The third-order valence-corrected chi connectivity index (χ3v) is 10.6. The minimum atomic E-state index is -4.82. The summed E-state index contributed by atoms with van der Waals surface area (Å²) in [7, 11) is -2.72. The van der Waals surface area contributed by atoms with E-state index in [1.54, 1.807) is 18.5 Å². The van der Waals surface area contributed by atoms with Crippen LogP contribution >= 0.6 is 11.3 Å². The van der Waals surface area contributed by atoms with Crippen LogP contribution in [0.2, 0.25) is 0 Å². The van der Waals surface area contributed by atoms with Crippen molar-refractivity contribution in [3.8, 4) is 21.8 Å². The molecule has 0 atom stereocenters. The highest BCUT2D eigenvalue weighted by molar-refractivity contribution is 7.92. The summed E-state index contributed by atoms with van der Waals surface area (Å²) in [5, 5.41) is 3.86. The van der Waals surface area contributed by atoms with Crippen LogP contribution in [0.15, 0.2) is 71.9 Å². The molecule has 0 amide bonds. The highest BCUT2D eigenvalue weighted by Crippen LogP contribution is 2.42. The van der Waals surface area contributed by atoms with Gasteiger partial charge in [0.05, 0.1) is 38.8 Å². The van der Waals surface area contributed by atoms with Gasteiger partial charge in [0.1, 0.15) is 17.5 Å². The number of halogens is 3. The summed E-state index contributed by atoms with van der Waals surface area (Å²) in [4.78, 5) is 22.3. The molecule has 5 aromatic rings. The fourth-order valence-electron chi connectivity index (χ4n) is 5.08. The molecule has 3 aromatic heterocycles. The lowest BCUT2D eigenvalue weighted by Gasteiger charge is -2.33. The first-order valence-corrected chi connectivity index (χ1v) is 17.4. The molecule has 1 fully saturated rings. The molecule has 10 nitrogen and oxygen atoms in total. The lowest BCUT2D eigenvalue weighted by atomic mass is 9.98. The smallest absolute Gasteiger partial charge is 0.267 e. The van der Waals surface area contributed by atoms with Crippen LogP contribution < -0.4 is 14.9 Å². The van der Waals surface area contributed by atoms with Crippen LogP contribution in [0.4, 0.5) is 36.3 Å². The molecule has 2 aromatic carbocycles. The van der Waals surface area contributed by atoms with Gasteiger partial charge in [-0.3, -0.25) is 4.72 Å². The number of aromatic nitrogens is 4. The molecule has 15 heteroatoms. The zero-order valence-electron chi connectivity index (χ0n) is 26.6. The molecule has 6 rings (SSSR count). The van der Waals surface area contributed by atoms with Crippen molar-refractivity contribution in [1.29, 1.82) is 0 Å². The van der Waals surface area contributed by atoms with Crippen molar-refractivity contribution in [3.63, 3.8) is 0 Å². The van der Waals surface area contributed by atoms with E-state index in [-0.39, 0.29) is 17.2 Å². The summed E-state index contributed by atoms with van der Waals surface area (Å²) in [6.07, 6.45) is 3.29. The first kappa shape index (κ1) is 33.3. The second-order valence-corrected chi connectivity index (χ2v) is 15.0. The van der Waals surface area contributed by atoms with E-state index in [0.717, 1.165) is 50.2 Å². The van der Waals surface area contributed by atoms with Gasteiger partial charge in [0.15, 0.2) is 10.7 Å². The number of nitrogens with one attached hydrogen (secondary N) is 2. The molecule has 0 aliphatic carbocycles. The number of rotatable bonds is 8. The highest BCUT2D eigenvalue weighted by atomic mass is 32.2. The third kappa shape index (κ3) is 6.98. The lowest BCUT2D eigenvalue weighted by molar-refractivity contribution is 0.312. The zero-order valence-corrected chi connectivity index (χ0v) is 28.3. The average Bonchev–Trinajstić information content (AvgIpc) is 3.49. The first-order chi connectivity index (χ1) is 22.8. The molecule has 0 radical (unpaired) electrons. The molecular weight excluding hydrogens is 662 g/mol. The fraction of sp³-hybridized carbons (Fsp3) is 0.273. The van der Waals surface area contributed by atoms with Gasteiger partial charge in [-0.05, 0) is 49.5 Å². The van der Waals surface area contributed by atoms with Gasteiger partial charge in [0, 0.05) is 43.4 Å². The normalized spacial score (nSPS) is 14.3. The summed E-state index contributed by atoms with van der Waals surface area (Å²) in [6.45, 7) is 9.63. The number of hydrogen-bond acceptors (Lipinski definition) is 10. The summed E-state index contributed by atoms with van der Waals surface area (Å²) in [5.41, 5.74) is 0.426. The summed E-state index contributed by atoms with van der Waals surface area (Å²) in [6, 6.07) is 12.2. The molecule has 2 N–H and O–H groups in total. The molecular formula is C33H33F3N8O2S2. The van der Waals surface area contributed by atoms with Gasteiger partial charge < -0.3 is 15.1 Å². The quantitative estimate of drug-likeness (QED) is 0.184. The lowest BCUT2D eigenvalue weighted by Crippen LogP contribution is -2.44. The van der Waals surface area contributed by atoms with Crippen molar-refractivity contribution in [2.24, 2.45) is 0 Å². The largest absolute Gasteiger partial charge is 0.354 e. The average molecular weight is 695 g/mol. The number of anilines is 4. The Balaban J connectivity index is 1.32. The topological polar surface area (TPSA) is 116 Å². The van der Waals surface area contributed by atoms with Crippen molar-refractivity contribution < 1.29 is 21.6 Å². The van der Waals surface area contributed by atoms with E-state index in [4.69, 9.17) is 9.97 Å². The van der Waals surface area contributed by atoms with Gasteiger partial charge in [0.2, 0.25) is 5.95 Å². The molecule has 250 valence electrons. The second kappa shape index (κ2) is 13.1. The maximum Gasteiger partial charge on any atom is 0.267 e. The van der Waals surface area contributed by atoms with Crippen LogP contribution in [0, 0.1) is 17.5 Å². The van der Waals surface area contributed by atoms with Gasteiger partial charge in [0.25, 0.3) is 10.0 Å². The predicted molar refractivity (Wildman–Crippen MR) is 182 cm³/mol. The van der Waals surface area contributed by atoms with Crippen molar-refractivity contribution in [3.05, 3.63) is 89.5 Å². The molecule has 0 saturated carbocycles. The molecule has 4 heterocycles. The summed E-state index contributed by atoms with van der Waals surface area (Å²) >= 11 is 1.32. The molecule has 0 spiro atoms. The molecule has 48 heavy (non-hydrogen) atoms. The Bertz CT molecular complexity index is 2040. The van der Waals surface area contributed by atoms with Crippen molar-refractivity contribution in [2.75, 3.05) is 48.2 Å². The van der Waals surface area contributed by atoms with E-state index in [1.165, 1.54) is 29.5 Å². The Morgan fingerprint density at radius 2 is 1.58 bits per heavy atom. The number of nitrogens with zero attached hydrogens (tertiary/aromatic N) is 6. The van der Waals surface area contributed by atoms with E-state index < -0.39 is 43.5 Å². The molecule has 0 unspecified atom stereocenters. The molecule has 1 aliphatic heterocycles. The SMILES string of the molecule is CN1CCN(c2ccc(Nc3nccc(-c4sc(C(C)(C)C)nc4-c4cccc(NS(=O)(=O)c5c(F)cccc5F)c4F)n3)cn2)CC1. The van der Waals surface area contributed by atoms with Crippen LogP contribution in [0.5, 0.6) is 0 Å². The predicted octanol–water partition coefficient (Wildman–Crippen LogP) is 6.67. The maximum absolute atomic E-state index is 16.2. The monoisotopic (exact) mass is 694 g/mol. The van der Waals surface area contributed by atoms with E-state index in [2.05, 4.69) is 32.1 Å². The maximum atomic E-state index is 16.2. The van der Waals surface area contributed by atoms with Crippen LogP contribution in [-0.2, 0) is 15.4 Å². The van der Waals surface area contributed by atoms with E-state index >= 15 is 4.39 Å². The Kier molecular flexibility index (Phi) is 9.11. The van der Waals surface area contributed by atoms with Crippen LogP contribution in [0.1, 0.15) is 25.8 Å². The number of benzene rings is 2. The van der Waals surface area contributed by atoms with E-state index in [9.17, 15) is 17.2 Å². The zero-order chi connectivity index (χ0) is 34.2. The molecule has 0 bridgehead atoms. The number of sulfonamides is 1. The molecule has 1 saturated heterocycles. The van der Waals surface area contributed by atoms with Crippen LogP contribution in [-0.4, -0.2) is 66.5 Å². The minimum absolute atomic E-state index is 0.0252. The Hall–Kier alpha value is -4.60. The van der Waals surface area contributed by atoms with Crippen molar-refractivity contribution >= 4 is 44.5 Å². The Labute approximate surface area is 280 Å². The second-order valence-electron chi connectivity index (χ2n) is 12.4. The first-order valence-electron chi connectivity index (χ1n) is 15.1. The number of piperazine rings is 1. The summed E-state index contributed by atoms with van der Waals surface area (Å²) in [5.74, 6) is -2.40. The van der Waals surface area contributed by atoms with Crippen LogP contribution in [0.3, 0.4) is 0 Å². The Morgan fingerprint density at radius 3 is 2.25 bits per heavy atom. The van der Waals surface area contributed by atoms with E-state index in [1.807, 2.05) is 37.6 Å². The number of pyridine rings is 1. The number of hydrogen-bond donors (Lipinski definition) is 2. The number of likely N-dealkylation sites (N-methyl/N-ethyl adjacent to an activating group) is 1. The third-order valence-electron chi connectivity index (χ3n) is 7.67.